The normalized spacial score (nSPS) is 11.1. The fourth-order valence-electron chi connectivity index (χ4n) is 1.90. The van der Waals surface area contributed by atoms with Crippen molar-refractivity contribution in [2.75, 3.05) is 0 Å². The molecular formula is C13H13BrClN3O2. The minimum atomic E-state index is -0.471. The topological polar surface area (TPSA) is 61.0 Å². The summed E-state index contributed by atoms with van der Waals surface area (Å²) in [6.07, 6.45) is 0. The molecule has 106 valence electrons. The first kappa shape index (κ1) is 15.0. The maximum atomic E-state index is 11.1. The zero-order chi connectivity index (χ0) is 14.9. The molecule has 0 bridgehead atoms. The lowest BCUT2D eigenvalue weighted by Gasteiger charge is -2.05. The van der Waals surface area contributed by atoms with Crippen LogP contribution in [0.1, 0.15) is 31.0 Å². The van der Waals surface area contributed by atoms with Crippen LogP contribution < -0.4 is 0 Å². The molecule has 1 heterocycles. The van der Waals surface area contributed by atoms with Gasteiger partial charge >= 0.3 is 5.69 Å². The van der Waals surface area contributed by atoms with Gasteiger partial charge in [-0.1, -0.05) is 59.6 Å². The Morgan fingerprint density at radius 3 is 2.60 bits per heavy atom. The third-order valence-corrected chi connectivity index (χ3v) is 4.05. The summed E-state index contributed by atoms with van der Waals surface area (Å²) in [5, 5.41) is 15.5. The molecule has 0 unspecified atom stereocenters. The van der Waals surface area contributed by atoms with Crippen molar-refractivity contribution in [2.24, 2.45) is 0 Å². The summed E-state index contributed by atoms with van der Waals surface area (Å²) >= 11 is 9.56. The van der Waals surface area contributed by atoms with Crippen LogP contribution in [-0.4, -0.2) is 14.7 Å². The van der Waals surface area contributed by atoms with Gasteiger partial charge in [-0.2, -0.15) is 5.10 Å². The summed E-state index contributed by atoms with van der Waals surface area (Å²) in [6.45, 7) is 4.09. The van der Waals surface area contributed by atoms with Crippen LogP contribution in [0.3, 0.4) is 0 Å². The van der Waals surface area contributed by atoms with E-state index in [9.17, 15) is 10.1 Å². The van der Waals surface area contributed by atoms with Crippen molar-refractivity contribution in [3.05, 3.63) is 55.3 Å². The quantitative estimate of drug-likeness (QED) is 0.602. The van der Waals surface area contributed by atoms with Crippen molar-refractivity contribution in [3.63, 3.8) is 0 Å². The molecule has 0 saturated carbocycles. The third kappa shape index (κ3) is 2.86. The van der Waals surface area contributed by atoms with Gasteiger partial charge in [0.2, 0.25) is 5.15 Å². The fraction of sp³-hybridized carbons (Fsp3) is 0.308. The Hall–Kier alpha value is -1.40. The number of nitro groups is 1. The number of nitrogens with zero attached hydrogens (tertiary/aromatic N) is 3. The summed E-state index contributed by atoms with van der Waals surface area (Å²) in [4.78, 5) is 10.7. The molecule has 0 saturated heterocycles. The summed E-state index contributed by atoms with van der Waals surface area (Å²) in [6, 6.07) is 7.63. The highest BCUT2D eigenvalue weighted by atomic mass is 79.9. The molecule has 0 fully saturated rings. The van der Waals surface area contributed by atoms with E-state index in [0.29, 0.717) is 12.2 Å². The molecule has 2 aromatic rings. The van der Waals surface area contributed by atoms with Crippen LogP contribution >= 0.6 is 27.5 Å². The van der Waals surface area contributed by atoms with Crippen LogP contribution in [-0.2, 0) is 6.54 Å². The zero-order valence-electron chi connectivity index (χ0n) is 11.0. The monoisotopic (exact) mass is 357 g/mol. The molecule has 1 aromatic heterocycles. The van der Waals surface area contributed by atoms with Gasteiger partial charge in [-0.25, -0.2) is 4.68 Å². The van der Waals surface area contributed by atoms with E-state index in [4.69, 9.17) is 11.6 Å². The lowest BCUT2D eigenvalue weighted by atomic mass is 10.1. The molecule has 0 N–H and O–H groups in total. The molecule has 0 amide bonds. The van der Waals surface area contributed by atoms with Gasteiger partial charge in [0.25, 0.3) is 0 Å². The highest BCUT2D eigenvalue weighted by Gasteiger charge is 2.28. The number of hydrogen-bond acceptors (Lipinski definition) is 3. The van der Waals surface area contributed by atoms with Gasteiger partial charge in [0.15, 0.2) is 0 Å². The molecule has 1 aromatic carbocycles. The molecule has 0 atom stereocenters. The Morgan fingerprint density at radius 1 is 1.45 bits per heavy atom. The highest BCUT2D eigenvalue weighted by molar-refractivity contribution is 9.10. The van der Waals surface area contributed by atoms with Crippen LogP contribution in [0.25, 0.3) is 0 Å². The lowest BCUT2D eigenvalue weighted by molar-refractivity contribution is -0.385. The minimum Gasteiger partial charge on any atom is -0.258 e. The molecule has 0 aliphatic rings. The van der Waals surface area contributed by atoms with E-state index in [1.165, 1.54) is 4.68 Å². The van der Waals surface area contributed by atoms with Gasteiger partial charge in [0.1, 0.15) is 5.69 Å². The molecule has 0 aliphatic carbocycles. The van der Waals surface area contributed by atoms with Gasteiger partial charge < -0.3 is 0 Å². The molecule has 0 aliphatic heterocycles. The lowest BCUT2D eigenvalue weighted by Crippen LogP contribution is -2.03. The summed E-state index contributed by atoms with van der Waals surface area (Å²) in [7, 11) is 0. The second-order valence-corrected chi connectivity index (χ2v) is 5.90. The number of hydrogen-bond donors (Lipinski definition) is 0. The molecule has 0 spiro atoms. The van der Waals surface area contributed by atoms with Gasteiger partial charge in [0.05, 0.1) is 11.5 Å². The van der Waals surface area contributed by atoms with Gasteiger partial charge in [-0.3, -0.25) is 10.1 Å². The van der Waals surface area contributed by atoms with Crippen molar-refractivity contribution in [1.29, 1.82) is 0 Å². The summed E-state index contributed by atoms with van der Waals surface area (Å²) < 4.78 is 2.38. The molecule has 0 radical (unpaired) electrons. The maximum Gasteiger partial charge on any atom is 0.329 e. The first-order valence-corrected chi connectivity index (χ1v) is 7.23. The Morgan fingerprint density at radius 2 is 2.10 bits per heavy atom. The second kappa shape index (κ2) is 5.93. The number of benzene rings is 1. The van der Waals surface area contributed by atoms with Crippen LogP contribution in [0.15, 0.2) is 28.7 Å². The molecule has 20 heavy (non-hydrogen) atoms. The van der Waals surface area contributed by atoms with Crippen LogP contribution in [0.5, 0.6) is 0 Å². The zero-order valence-corrected chi connectivity index (χ0v) is 13.3. The van der Waals surface area contributed by atoms with Crippen molar-refractivity contribution in [2.45, 2.75) is 26.3 Å². The maximum absolute atomic E-state index is 11.1. The number of halogens is 2. The minimum absolute atomic E-state index is 0.0617. The molecule has 2 rings (SSSR count). The van der Waals surface area contributed by atoms with Crippen LogP contribution in [0, 0.1) is 10.1 Å². The van der Waals surface area contributed by atoms with E-state index in [1.807, 2.05) is 38.1 Å². The first-order chi connectivity index (χ1) is 9.41. The van der Waals surface area contributed by atoms with Crippen molar-refractivity contribution in [3.8, 4) is 0 Å². The Kier molecular flexibility index (Phi) is 4.45. The fourth-order valence-corrected chi connectivity index (χ4v) is 2.57. The average molecular weight is 359 g/mol. The summed E-state index contributed by atoms with van der Waals surface area (Å²) in [5.74, 6) is -0.0617. The predicted octanol–water partition coefficient (Wildman–Crippen LogP) is 4.38. The van der Waals surface area contributed by atoms with Gasteiger partial charge in [0, 0.05) is 10.4 Å². The molecular weight excluding hydrogens is 346 g/mol. The first-order valence-electron chi connectivity index (χ1n) is 6.05. The second-order valence-electron chi connectivity index (χ2n) is 4.69. The van der Waals surface area contributed by atoms with Gasteiger partial charge in [-0.15, -0.1) is 0 Å². The van der Waals surface area contributed by atoms with E-state index in [2.05, 4.69) is 21.0 Å². The Labute approximate surface area is 129 Å². The van der Waals surface area contributed by atoms with E-state index in [0.717, 1.165) is 10.0 Å². The van der Waals surface area contributed by atoms with Crippen molar-refractivity contribution >= 4 is 33.2 Å². The highest BCUT2D eigenvalue weighted by Crippen LogP contribution is 2.33. The van der Waals surface area contributed by atoms with E-state index in [-0.39, 0.29) is 16.8 Å². The van der Waals surface area contributed by atoms with Crippen molar-refractivity contribution < 1.29 is 4.92 Å². The SMILES string of the molecule is CC(C)c1nn(Cc2ccccc2Br)c(Cl)c1[N+](=O)[O-]. The van der Waals surface area contributed by atoms with E-state index in [1.54, 1.807) is 0 Å². The van der Waals surface area contributed by atoms with Crippen LogP contribution in [0.2, 0.25) is 5.15 Å². The number of aromatic nitrogens is 2. The smallest absolute Gasteiger partial charge is 0.258 e. The number of rotatable bonds is 4. The van der Waals surface area contributed by atoms with E-state index >= 15 is 0 Å². The Balaban J connectivity index is 2.46. The third-order valence-electron chi connectivity index (χ3n) is 2.90. The Bertz CT molecular complexity index is 655. The largest absolute Gasteiger partial charge is 0.329 e. The average Bonchev–Trinajstić information content (AvgIpc) is 2.70. The van der Waals surface area contributed by atoms with Gasteiger partial charge in [-0.05, 0) is 11.6 Å². The van der Waals surface area contributed by atoms with E-state index < -0.39 is 4.92 Å². The molecule has 5 nitrogen and oxygen atoms in total. The predicted molar refractivity (Wildman–Crippen MR) is 81.2 cm³/mol. The molecule has 7 heteroatoms. The van der Waals surface area contributed by atoms with Crippen molar-refractivity contribution in [1.82, 2.24) is 9.78 Å². The summed E-state index contributed by atoms with van der Waals surface area (Å²) in [5.41, 5.74) is 1.27. The van der Waals surface area contributed by atoms with Crippen LogP contribution in [0.4, 0.5) is 5.69 Å². The standard InChI is InChI=1S/C13H13BrClN3O2/c1-8(2)11-12(18(19)20)13(15)17(16-11)7-9-5-3-4-6-10(9)14/h3-6,8H,7H2,1-2H3.